The van der Waals surface area contributed by atoms with E-state index in [-0.39, 0.29) is 30.7 Å². The van der Waals surface area contributed by atoms with E-state index in [2.05, 4.69) is 15.6 Å². The summed E-state index contributed by atoms with van der Waals surface area (Å²) in [6, 6.07) is 0.315. The largest absolute Gasteiger partial charge is 0.349 e. The Morgan fingerprint density at radius 1 is 1.63 bits per heavy atom. The van der Waals surface area contributed by atoms with Crippen LogP contribution in [0.5, 0.6) is 0 Å². The van der Waals surface area contributed by atoms with Gasteiger partial charge < -0.3 is 15.2 Å². The summed E-state index contributed by atoms with van der Waals surface area (Å²) in [5.41, 5.74) is 0. The average molecular weight is 327 g/mol. The van der Waals surface area contributed by atoms with E-state index < -0.39 is 0 Å². The van der Waals surface area contributed by atoms with Crippen LogP contribution in [-0.4, -0.2) is 39.6 Å². The number of amides is 1. The quantitative estimate of drug-likeness (QED) is 0.865. The van der Waals surface area contributed by atoms with Gasteiger partial charge in [-0.25, -0.2) is 4.98 Å². The number of nitrogens with one attached hydrogen (secondary N) is 2. The number of hydrogen-bond acceptors (Lipinski definition) is 4. The van der Waals surface area contributed by atoms with Crippen molar-refractivity contribution < 1.29 is 4.79 Å². The fourth-order valence-electron chi connectivity index (χ4n) is 1.79. The van der Waals surface area contributed by atoms with E-state index in [1.54, 1.807) is 6.20 Å². The molecule has 5 nitrogen and oxygen atoms in total. The maximum Gasteiger partial charge on any atom is 0.221 e. The molecule has 2 N–H and O–H groups in total. The zero-order chi connectivity index (χ0) is 12.1. The number of carbonyl (C=O) groups excluding carboxylic acids is 1. The third-order valence-corrected chi connectivity index (χ3v) is 3.93. The first kappa shape index (κ1) is 18.6. The van der Waals surface area contributed by atoms with Crippen LogP contribution in [0, 0.1) is 0 Å². The van der Waals surface area contributed by atoms with E-state index >= 15 is 0 Å². The Kier molecular flexibility index (Phi) is 9.26. The molecule has 1 amide bonds. The summed E-state index contributed by atoms with van der Waals surface area (Å²) < 4.78 is 1.91. The lowest BCUT2D eigenvalue weighted by atomic mass is 10.2. The molecule has 0 aliphatic carbocycles. The molecule has 1 fully saturated rings. The lowest BCUT2D eigenvalue weighted by molar-refractivity contribution is -0.121. The molecular formula is C11H20Cl2N4OS. The standard InChI is InChI=1S/C11H18N4OS.2ClH/c1-15-4-2-13-10(15)7-14-11(16)6-9-8-17-5-3-12-9;;/h2,4,9,12H,3,5-8H2,1H3,(H,14,16);2*1H. The predicted octanol–water partition coefficient (Wildman–Crippen LogP) is 0.975. The van der Waals surface area contributed by atoms with Gasteiger partial charge in [0.05, 0.1) is 6.54 Å². The molecule has 0 aromatic carbocycles. The van der Waals surface area contributed by atoms with Gasteiger partial charge in [-0.15, -0.1) is 24.8 Å². The number of aryl methyl sites for hydroxylation is 1. The highest BCUT2D eigenvalue weighted by Crippen LogP contribution is 2.09. The fourth-order valence-corrected chi connectivity index (χ4v) is 2.74. The van der Waals surface area contributed by atoms with Gasteiger partial charge >= 0.3 is 0 Å². The molecule has 1 aliphatic rings. The van der Waals surface area contributed by atoms with Crippen molar-refractivity contribution in [1.29, 1.82) is 0 Å². The Morgan fingerprint density at radius 2 is 2.42 bits per heavy atom. The molecule has 0 saturated carbocycles. The van der Waals surface area contributed by atoms with E-state index in [0.717, 1.165) is 23.9 Å². The smallest absolute Gasteiger partial charge is 0.221 e. The molecule has 1 aromatic heterocycles. The fraction of sp³-hybridized carbons (Fsp3) is 0.636. The molecule has 0 radical (unpaired) electrons. The van der Waals surface area contributed by atoms with Crippen LogP contribution in [0.25, 0.3) is 0 Å². The van der Waals surface area contributed by atoms with Crippen LogP contribution >= 0.6 is 36.6 Å². The molecule has 2 rings (SSSR count). The molecule has 1 aliphatic heterocycles. The summed E-state index contributed by atoms with van der Waals surface area (Å²) in [5, 5.41) is 6.25. The van der Waals surface area contributed by atoms with Crippen LogP contribution in [0.3, 0.4) is 0 Å². The minimum Gasteiger partial charge on any atom is -0.349 e. The third-order valence-electron chi connectivity index (χ3n) is 2.79. The maximum atomic E-state index is 11.7. The Labute approximate surface area is 130 Å². The highest BCUT2D eigenvalue weighted by molar-refractivity contribution is 7.99. The number of hydrogen-bond donors (Lipinski definition) is 2. The zero-order valence-corrected chi connectivity index (χ0v) is 13.2. The number of carbonyl (C=O) groups is 1. The Hall–Kier alpha value is -0.430. The van der Waals surface area contributed by atoms with Crippen LogP contribution < -0.4 is 10.6 Å². The summed E-state index contributed by atoms with van der Waals surface area (Å²) in [5.74, 6) is 3.14. The monoisotopic (exact) mass is 326 g/mol. The molecule has 1 aromatic rings. The van der Waals surface area contributed by atoms with Crippen molar-refractivity contribution in [2.75, 3.05) is 18.1 Å². The second-order valence-corrected chi connectivity index (χ2v) is 5.31. The first-order valence-corrected chi connectivity index (χ1v) is 6.95. The van der Waals surface area contributed by atoms with Gasteiger partial charge in [-0.1, -0.05) is 0 Å². The van der Waals surface area contributed by atoms with Gasteiger partial charge in [0.2, 0.25) is 5.91 Å². The van der Waals surface area contributed by atoms with Crippen LogP contribution in [0.2, 0.25) is 0 Å². The van der Waals surface area contributed by atoms with Crippen molar-refractivity contribution in [3.63, 3.8) is 0 Å². The Bertz CT molecular complexity index is 383. The van der Waals surface area contributed by atoms with Crippen molar-refractivity contribution in [1.82, 2.24) is 20.2 Å². The van der Waals surface area contributed by atoms with E-state index in [9.17, 15) is 4.79 Å². The van der Waals surface area contributed by atoms with Crippen molar-refractivity contribution >= 4 is 42.5 Å². The SMILES string of the molecule is Cl.Cl.Cn1ccnc1CNC(=O)CC1CSCCN1. The lowest BCUT2D eigenvalue weighted by Crippen LogP contribution is -2.41. The number of nitrogens with zero attached hydrogens (tertiary/aromatic N) is 2. The molecule has 8 heteroatoms. The number of imidazole rings is 1. The highest BCUT2D eigenvalue weighted by atomic mass is 35.5. The van der Waals surface area contributed by atoms with Crippen molar-refractivity contribution in [3.8, 4) is 0 Å². The first-order valence-electron chi connectivity index (χ1n) is 5.80. The summed E-state index contributed by atoms with van der Waals surface area (Å²) >= 11 is 1.90. The molecular weight excluding hydrogens is 307 g/mol. The summed E-state index contributed by atoms with van der Waals surface area (Å²) in [6.45, 7) is 1.50. The van der Waals surface area contributed by atoms with E-state index in [4.69, 9.17) is 0 Å². The Balaban J connectivity index is 0.00000162. The second kappa shape index (κ2) is 9.47. The summed E-state index contributed by atoms with van der Waals surface area (Å²) in [6.07, 6.45) is 4.17. The maximum absolute atomic E-state index is 11.7. The van der Waals surface area contributed by atoms with E-state index in [0.29, 0.717) is 19.0 Å². The summed E-state index contributed by atoms with van der Waals surface area (Å²) in [7, 11) is 1.92. The van der Waals surface area contributed by atoms with Gasteiger partial charge in [-0.3, -0.25) is 4.79 Å². The number of halogens is 2. The number of thioether (sulfide) groups is 1. The molecule has 1 saturated heterocycles. The van der Waals surface area contributed by atoms with Gasteiger partial charge in [-0.2, -0.15) is 11.8 Å². The summed E-state index contributed by atoms with van der Waals surface area (Å²) in [4.78, 5) is 15.9. The normalized spacial score (nSPS) is 18.1. The van der Waals surface area contributed by atoms with Gasteiger partial charge in [0.15, 0.2) is 0 Å². The molecule has 1 atom stereocenters. The van der Waals surface area contributed by atoms with E-state index in [1.807, 2.05) is 29.6 Å². The minimum absolute atomic E-state index is 0. The number of aromatic nitrogens is 2. The van der Waals surface area contributed by atoms with Crippen molar-refractivity contribution in [2.45, 2.75) is 19.0 Å². The third kappa shape index (κ3) is 6.03. The highest BCUT2D eigenvalue weighted by Gasteiger charge is 2.16. The van der Waals surface area contributed by atoms with Crippen LogP contribution in [-0.2, 0) is 18.4 Å². The predicted molar refractivity (Wildman–Crippen MR) is 83.3 cm³/mol. The van der Waals surface area contributed by atoms with Crippen LogP contribution in [0.15, 0.2) is 12.4 Å². The van der Waals surface area contributed by atoms with Crippen LogP contribution in [0.1, 0.15) is 12.2 Å². The second-order valence-electron chi connectivity index (χ2n) is 4.16. The van der Waals surface area contributed by atoms with Gasteiger partial charge in [0.1, 0.15) is 5.82 Å². The van der Waals surface area contributed by atoms with E-state index in [1.165, 1.54) is 0 Å². The zero-order valence-electron chi connectivity index (χ0n) is 10.8. The van der Waals surface area contributed by atoms with Crippen molar-refractivity contribution in [2.24, 2.45) is 7.05 Å². The Morgan fingerprint density at radius 3 is 3.00 bits per heavy atom. The van der Waals surface area contributed by atoms with Crippen molar-refractivity contribution in [3.05, 3.63) is 18.2 Å². The van der Waals surface area contributed by atoms with Gasteiger partial charge in [0.25, 0.3) is 0 Å². The number of rotatable bonds is 4. The van der Waals surface area contributed by atoms with Gasteiger partial charge in [-0.05, 0) is 0 Å². The lowest BCUT2D eigenvalue weighted by Gasteiger charge is -2.22. The molecule has 0 spiro atoms. The first-order chi connectivity index (χ1) is 8.25. The molecule has 2 heterocycles. The van der Waals surface area contributed by atoms with Crippen LogP contribution in [0.4, 0.5) is 0 Å². The average Bonchev–Trinajstić information content (AvgIpc) is 2.74. The minimum atomic E-state index is 0. The van der Waals surface area contributed by atoms with Gasteiger partial charge in [0, 0.05) is 50.0 Å². The molecule has 19 heavy (non-hydrogen) atoms. The molecule has 1 unspecified atom stereocenters. The molecule has 0 bridgehead atoms. The topological polar surface area (TPSA) is 59.0 Å². The molecule has 110 valence electrons.